The number of nitrogens with zero attached hydrogens (tertiary/aromatic N) is 4. The molecule has 2 aromatic heterocycles. The first kappa shape index (κ1) is 20.4. The van der Waals surface area contributed by atoms with Gasteiger partial charge in [0.15, 0.2) is 12.0 Å². The zero-order chi connectivity index (χ0) is 22.4. The first-order chi connectivity index (χ1) is 15.1. The molecule has 3 aliphatic heterocycles. The van der Waals surface area contributed by atoms with Crippen molar-refractivity contribution in [2.24, 2.45) is 4.40 Å². The molecule has 168 valence electrons. The molecule has 6 rings (SSSR count). The fourth-order valence-electron chi connectivity index (χ4n) is 4.70. The summed E-state index contributed by atoms with van der Waals surface area (Å²) in [6, 6.07) is 8.09. The topological polar surface area (TPSA) is 96.9 Å². The van der Waals surface area contributed by atoms with Gasteiger partial charge in [-0.25, -0.2) is 4.98 Å². The van der Waals surface area contributed by atoms with Gasteiger partial charge in [0.2, 0.25) is 0 Å². The van der Waals surface area contributed by atoms with Crippen molar-refractivity contribution in [2.45, 2.75) is 62.5 Å². The molecule has 0 radical (unpaired) electrons. The lowest BCUT2D eigenvalue weighted by Gasteiger charge is -2.23. The third kappa shape index (κ3) is 2.97. The van der Waals surface area contributed by atoms with Crippen LogP contribution >= 0.6 is 11.6 Å². The van der Waals surface area contributed by atoms with Gasteiger partial charge in [0, 0.05) is 6.07 Å². The van der Waals surface area contributed by atoms with Crippen LogP contribution in [0.3, 0.4) is 0 Å². The molecule has 3 aliphatic rings. The Labute approximate surface area is 189 Å². The number of halogens is 1. The van der Waals surface area contributed by atoms with Crippen molar-refractivity contribution in [1.82, 2.24) is 14.1 Å². The number of benzene rings is 1. The summed E-state index contributed by atoms with van der Waals surface area (Å²) in [6.07, 6.45) is 0.208. The summed E-state index contributed by atoms with van der Waals surface area (Å²) in [7, 11) is -3.96. The Kier molecular flexibility index (Phi) is 4.23. The molecule has 2 fully saturated rings. The van der Waals surface area contributed by atoms with E-state index in [-0.39, 0.29) is 28.7 Å². The molecular weight excluding hydrogens is 456 g/mol. The lowest BCUT2D eigenvalue weighted by Crippen LogP contribution is -2.37. The van der Waals surface area contributed by atoms with Crippen LogP contribution in [0, 0.1) is 6.92 Å². The summed E-state index contributed by atoms with van der Waals surface area (Å²) in [5.74, 6) is -0.740. The van der Waals surface area contributed by atoms with Crippen molar-refractivity contribution >= 4 is 32.8 Å². The number of aryl methyl sites for hydroxylation is 1. The van der Waals surface area contributed by atoms with Crippen molar-refractivity contribution in [1.29, 1.82) is 0 Å². The SMILES string of the molecule is Cc1ccc(S(=O)(=O)/N=c2\cc(Cl)c3ncn4c3n2CC2OC4C3OC(C)(C)OC23)cc1. The van der Waals surface area contributed by atoms with E-state index in [1.807, 2.05) is 25.3 Å². The number of ether oxygens (including phenoxy) is 3. The van der Waals surface area contributed by atoms with Gasteiger partial charge < -0.3 is 18.8 Å². The van der Waals surface area contributed by atoms with Crippen LogP contribution in [0.5, 0.6) is 0 Å². The van der Waals surface area contributed by atoms with Gasteiger partial charge in [0.1, 0.15) is 35.0 Å². The van der Waals surface area contributed by atoms with Gasteiger partial charge in [-0.05, 0) is 32.9 Å². The van der Waals surface area contributed by atoms with Crippen LogP contribution in [-0.4, -0.2) is 46.6 Å². The molecule has 0 aliphatic carbocycles. The van der Waals surface area contributed by atoms with Crippen LogP contribution in [0.15, 0.2) is 46.0 Å². The molecule has 4 unspecified atom stereocenters. The van der Waals surface area contributed by atoms with Crippen molar-refractivity contribution < 1.29 is 22.6 Å². The van der Waals surface area contributed by atoms with E-state index in [1.165, 1.54) is 6.07 Å². The third-order valence-electron chi connectivity index (χ3n) is 6.08. The van der Waals surface area contributed by atoms with Gasteiger partial charge in [-0.1, -0.05) is 29.3 Å². The van der Waals surface area contributed by atoms with Gasteiger partial charge >= 0.3 is 0 Å². The van der Waals surface area contributed by atoms with Crippen LogP contribution in [0.2, 0.25) is 5.02 Å². The average molecular weight is 477 g/mol. The smallest absolute Gasteiger partial charge is 0.284 e. The van der Waals surface area contributed by atoms with Crippen molar-refractivity contribution in [3.05, 3.63) is 52.7 Å². The Morgan fingerprint density at radius 3 is 2.66 bits per heavy atom. The average Bonchev–Trinajstić information content (AvgIpc) is 3.33. The molecule has 2 saturated heterocycles. The molecule has 9 nitrogen and oxygen atoms in total. The second-order valence-corrected chi connectivity index (χ2v) is 10.8. The lowest BCUT2D eigenvalue weighted by atomic mass is 10.1. The predicted molar refractivity (Wildman–Crippen MR) is 114 cm³/mol. The van der Waals surface area contributed by atoms with Crippen molar-refractivity contribution in [3.8, 4) is 0 Å². The normalized spacial score (nSPS) is 28.8. The highest BCUT2D eigenvalue weighted by atomic mass is 35.5. The van der Waals surface area contributed by atoms with Crippen molar-refractivity contribution in [2.75, 3.05) is 0 Å². The Balaban J connectivity index is 1.56. The molecule has 0 spiro atoms. The molecule has 0 saturated carbocycles. The number of hydrogen-bond donors (Lipinski definition) is 0. The zero-order valence-corrected chi connectivity index (χ0v) is 19.2. The summed E-state index contributed by atoms with van der Waals surface area (Å²) < 4.78 is 52.4. The highest BCUT2D eigenvalue weighted by Gasteiger charge is 2.57. The van der Waals surface area contributed by atoms with Crippen LogP contribution in [0.1, 0.15) is 25.6 Å². The summed E-state index contributed by atoms with van der Waals surface area (Å²) in [5.41, 5.74) is 2.34. The Morgan fingerprint density at radius 1 is 1.19 bits per heavy atom. The summed E-state index contributed by atoms with van der Waals surface area (Å²) in [6.45, 7) is 5.95. The quantitative estimate of drug-likeness (QED) is 0.563. The number of sulfonamides is 1. The fraction of sp³-hybridized carbons (Fsp3) is 0.429. The second-order valence-electron chi connectivity index (χ2n) is 8.79. The standard InChI is InChI=1S/C21H21ClN4O5S/c1-11-4-6-12(7-5-11)32(27,28)24-15-8-13(22)16-19-25(15)9-14-17-18(31-21(2,3)30-17)20(29-14)26(19)10-23-16/h4-8,10,14,17-18,20H,9H2,1-3H3/b24-15+. The van der Waals surface area contributed by atoms with Gasteiger partial charge in [-0.2, -0.15) is 8.42 Å². The summed E-state index contributed by atoms with van der Waals surface area (Å²) >= 11 is 6.50. The fourth-order valence-corrected chi connectivity index (χ4v) is 5.91. The first-order valence-corrected chi connectivity index (χ1v) is 12.1. The Bertz CT molecular complexity index is 1430. The van der Waals surface area contributed by atoms with Gasteiger partial charge in [0.25, 0.3) is 10.0 Å². The number of rotatable bonds is 2. The van der Waals surface area contributed by atoms with Crippen LogP contribution < -0.4 is 5.49 Å². The minimum absolute atomic E-state index is 0.112. The van der Waals surface area contributed by atoms with Crippen molar-refractivity contribution in [3.63, 3.8) is 0 Å². The molecule has 5 heterocycles. The maximum Gasteiger partial charge on any atom is 0.284 e. The first-order valence-electron chi connectivity index (χ1n) is 10.3. The van der Waals surface area contributed by atoms with E-state index >= 15 is 0 Å². The van der Waals surface area contributed by atoms with E-state index in [1.54, 1.807) is 35.2 Å². The summed E-state index contributed by atoms with van der Waals surface area (Å²) in [5, 5.41) is 0.311. The predicted octanol–water partition coefficient (Wildman–Crippen LogP) is 2.52. The Hall–Kier alpha value is -2.24. The second kappa shape index (κ2) is 6.64. The largest absolute Gasteiger partial charge is 0.347 e. The molecule has 2 bridgehead atoms. The number of pyridine rings is 1. The van der Waals surface area contributed by atoms with E-state index in [0.717, 1.165) is 5.56 Å². The van der Waals surface area contributed by atoms with E-state index in [9.17, 15) is 8.42 Å². The zero-order valence-electron chi connectivity index (χ0n) is 17.6. The number of aromatic nitrogens is 3. The van der Waals surface area contributed by atoms with E-state index < -0.39 is 22.0 Å². The molecule has 0 N–H and O–H groups in total. The molecule has 0 amide bonds. The van der Waals surface area contributed by atoms with Gasteiger partial charge in [-0.15, -0.1) is 4.40 Å². The molecule has 1 aromatic carbocycles. The van der Waals surface area contributed by atoms with E-state index in [2.05, 4.69) is 9.38 Å². The molecular formula is C21H21ClN4O5S. The van der Waals surface area contributed by atoms with Crippen LogP contribution in [0.25, 0.3) is 11.2 Å². The molecule has 11 heteroatoms. The highest BCUT2D eigenvalue weighted by molar-refractivity contribution is 7.90. The maximum absolute atomic E-state index is 13.1. The monoisotopic (exact) mass is 476 g/mol. The minimum atomic E-state index is -3.96. The molecule has 4 atom stereocenters. The van der Waals surface area contributed by atoms with Crippen LogP contribution in [-0.2, 0) is 30.8 Å². The van der Waals surface area contributed by atoms with Crippen LogP contribution in [0.4, 0.5) is 0 Å². The molecule has 32 heavy (non-hydrogen) atoms. The number of hydrogen-bond acceptors (Lipinski definition) is 6. The Morgan fingerprint density at radius 2 is 1.91 bits per heavy atom. The third-order valence-corrected chi connectivity index (χ3v) is 7.66. The highest BCUT2D eigenvalue weighted by Crippen LogP contribution is 2.45. The van der Waals surface area contributed by atoms with Gasteiger partial charge in [-0.3, -0.25) is 4.57 Å². The number of imidazole rings is 1. The molecule has 3 aromatic rings. The maximum atomic E-state index is 13.1. The minimum Gasteiger partial charge on any atom is -0.347 e. The lowest BCUT2D eigenvalue weighted by molar-refractivity contribution is -0.196. The number of fused-ring (bicyclic) bond motifs is 6. The van der Waals surface area contributed by atoms with E-state index in [4.69, 9.17) is 25.8 Å². The van der Waals surface area contributed by atoms with E-state index in [0.29, 0.717) is 22.7 Å². The van der Waals surface area contributed by atoms with Gasteiger partial charge in [0.05, 0.1) is 22.8 Å². The summed E-state index contributed by atoms with van der Waals surface area (Å²) in [4.78, 5) is 4.56.